The predicted molar refractivity (Wildman–Crippen MR) is 116 cm³/mol. The summed E-state index contributed by atoms with van der Waals surface area (Å²) >= 11 is 5.72. The molecule has 0 saturated heterocycles. The van der Waals surface area contributed by atoms with Crippen LogP contribution in [0.3, 0.4) is 0 Å². The van der Waals surface area contributed by atoms with Crippen LogP contribution in [0.4, 0.5) is 9.18 Å². The molecule has 1 N–H and O–H groups in total. The third-order valence-corrected chi connectivity index (χ3v) is 5.25. The molecule has 0 aliphatic heterocycles. The van der Waals surface area contributed by atoms with Crippen molar-refractivity contribution < 1.29 is 13.9 Å². The molecule has 0 saturated carbocycles. The number of hydrogen-bond acceptors (Lipinski definition) is 2. The highest BCUT2D eigenvalue weighted by molar-refractivity contribution is 6.30. The van der Waals surface area contributed by atoms with Gasteiger partial charge in [0.15, 0.2) is 0 Å². The van der Waals surface area contributed by atoms with Gasteiger partial charge in [0, 0.05) is 23.9 Å². The normalized spacial score (nSPS) is 11.8. The Kier molecular flexibility index (Phi) is 6.02. The van der Waals surface area contributed by atoms with E-state index in [1.165, 1.54) is 34.4 Å². The van der Waals surface area contributed by atoms with Gasteiger partial charge in [-0.05, 0) is 40.5 Å². The smallest absolute Gasteiger partial charge is 0.407 e. The van der Waals surface area contributed by atoms with Crippen molar-refractivity contribution in [2.75, 3.05) is 13.2 Å². The predicted octanol–water partition coefficient (Wildman–Crippen LogP) is 5.76. The van der Waals surface area contributed by atoms with Crippen LogP contribution in [0.1, 0.15) is 29.0 Å². The monoisotopic (exact) mass is 419 g/mol. The van der Waals surface area contributed by atoms with Crippen molar-refractivity contribution in [1.29, 1.82) is 0 Å². The van der Waals surface area contributed by atoms with E-state index in [2.05, 4.69) is 41.4 Å². The van der Waals surface area contributed by atoms with Crippen molar-refractivity contribution in [2.24, 2.45) is 0 Å². The van der Waals surface area contributed by atoms with E-state index >= 15 is 0 Å². The maximum Gasteiger partial charge on any atom is 0.407 e. The van der Waals surface area contributed by atoms with Gasteiger partial charge in [-0.3, -0.25) is 0 Å². The Morgan fingerprint density at radius 1 is 1.03 bits per heavy atom. The van der Waals surface area contributed by atoms with Crippen LogP contribution in [-0.4, -0.2) is 19.2 Å². The van der Waals surface area contributed by atoms with Crippen LogP contribution in [0.2, 0.25) is 5.02 Å². The molecule has 1 aliphatic carbocycles. The molecule has 0 heterocycles. The van der Waals surface area contributed by atoms with Crippen LogP contribution < -0.4 is 5.32 Å². The second-order valence-corrected chi connectivity index (χ2v) is 7.36. The minimum atomic E-state index is -0.490. The minimum Gasteiger partial charge on any atom is -0.449 e. The van der Waals surface area contributed by atoms with Crippen LogP contribution in [0.15, 0.2) is 66.7 Å². The van der Waals surface area contributed by atoms with Crippen LogP contribution in [0, 0.1) is 17.7 Å². The SMILES string of the molecule is O=C(NCCC#Cc1ccc(Cl)cc1F)OCC1c2ccccc2-c2ccccc21. The molecule has 5 heteroatoms. The maximum absolute atomic E-state index is 13.7. The molecular weight excluding hydrogens is 401 g/mol. The summed E-state index contributed by atoms with van der Waals surface area (Å²) in [6, 6.07) is 20.7. The minimum absolute atomic E-state index is 0.0239. The number of alkyl carbamates (subject to hydrolysis) is 1. The van der Waals surface area contributed by atoms with Gasteiger partial charge in [0.05, 0.1) is 5.56 Å². The fourth-order valence-corrected chi connectivity index (χ4v) is 3.78. The molecule has 0 bridgehead atoms. The summed E-state index contributed by atoms with van der Waals surface area (Å²) in [6.07, 6.45) is -0.108. The topological polar surface area (TPSA) is 38.3 Å². The number of ether oxygens (including phenoxy) is 1. The quantitative estimate of drug-likeness (QED) is 0.431. The Balaban J connectivity index is 1.29. The molecule has 0 spiro atoms. The number of halogens is 2. The molecular formula is C25H19ClFNO2. The number of amides is 1. The van der Waals surface area contributed by atoms with Gasteiger partial charge in [0.1, 0.15) is 12.4 Å². The summed E-state index contributed by atoms with van der Waals surface area (Å²) < 4.78 is 19.1. The van der Waals surface area contributed by atoms with Crippen LogP contribution in [0.25, 0.3) is 11.1 Å². The highest BCUT2D eigenvalue weighted by Crippen LogP contribution is 2.44. The van der Waals surface area contributed by atoms with E-state index in [1.807, 2.05) is 24.3 Å². The summed E-state index contributed by atoms with van der Waals surface area (Å²) in [5, 5.41) is 3.01. The lowest BCUT2D eigenvalue weighted by molar-refractivity contribution is 0.143. The molecule has 0 fully saturated rings. The van der Waals surface area contributed by atoms with Gasteiger partial charge >= 0.3 is 6.09 Å². The summed E-state index contributed by atoms with van der Waals surface area (Å²) in [4.78, 5) is 12.1. The first-order valence-electron chi connectivity index (χ1n) is 9.66. The standard InChI is InChI=1S/C25H19ClFNO2/c26-18-13-12-17(24(27)15-18)7-5-6-14-28-25(29)30-16-23-21-10-3-1-8-19(21)20-9-2-4-11-22(20)23/h1-4,8-13,15,23H,6,14,16H2,(H,28,29). The highest BCUT2D eigenvalue weighted by atomic mass is 35.5. The molecule has 0 aromatic heterocycles. The fraction of sp³-hybridized carbons (Fsp3) is 0.160. The van der Waals surface area contributed by atoms with Gasteiger partial charge in [0.25, 0.3) is 0 Å². The summed E-state index contributed by atoms with van der Waals surface area (Å²) in [5.41, 5.74) is 4.99. The number of hydrogen-bond donors (Lipinski definition) is 1. The highest BCUT2D eigenvalue weighted by Gasteiger charge is 2.28. The number of fused-ring (bicyclic) bond motifs is 3. The lowest BCUT2D eigenvalue weighted by Gasteiger charge is -2.14. The first-order valence-corrected chi connectivity index (χ1v) is 10.0. The molecule has 3 nitrogen and oxygen atoms in total. The number of rotatable bonds is 4. The van der Waals surface area contributed by atoms with Gasteiger partial charge in [-0.2, -0.15) is 0 Å². The van der Waals surface area contributed by atoms with Gasteiger partial charge in [-0.1, -0.05) is 72.0 Å². The van der Waals surface area contributed by atoms with Crippen LogP contribution in [0.5, 0.6) is 0 Å². The van der Waals surface area contributed by atoms with Gasteiger partial charge in [0.2, 0.25) is 0 Å². The van der Waals surface area contributed by atoms with Crippen molar-refractivity contribution in [3.05, 3.63) is 94.3 Å². The van der Waals surface area contributed by atoms with E-state index < -0.39 is 11.9 Å². The maximum atomic E-state index is 13.7. The zero-order valence-electron chi connectivity index (χ0n) is 16.1. The van der Waals surface area contributed by atoms with E-state index in [0.29, 0.717) is 18.0 Å². The second kappa shape index (κ2) is 9.02. The average molecular weight is 420 g/mol. The Morgan fingerprint density at radius 2 is 1.70 bits per heavy atom. The Bertz CT molecular complexity index is 1100. The lowest BCUT2D eigenvalue weighted by atomic mass is 9.98. The number of nitrogens with one attached hydrogen (secondary N) is 1. The third-order valence-electron chi connectivity index (χ3n) is 5.02. The molecule has 0 unspecified atom stereocenters. The van der Waals surface area contributed by atoms with E-state index in [-0.39, 0.29) is 18.1 Å². The summed E-state index contributed by atoms with van der Waals surface area (Å²) in [5.74, 6) is 5.14. The van der Waals surface area contributed by atoms with E-state index in [4.69, 9.17) is 16.3 Å². The third kappa shape index (κ3) is 4.32. The van der Waals surface area contributed by atoms with Gasteiger partial charge in [-0.25, -0.2) is 9.18 Å². The molecule has 150 valence electrons. The molecule has 0 radical (unpaired) electrons. The molecule has 3 aromatic carbocycles. The Morgan fingerprint density at radius 3 is 2.37 bits per heavy atom. The van der Waals surface area contributed by atoms with E-state index in [1.54, 1.807) is 6.07 Å². The summed E-state index contributed by atoms with van der Waals surface area (Å²) in [7, 11) is 0. The Hall–Kier alpha value is -3.29. The fourth-order valence-electron chi connectivity index (χ4n) is 3.63. The molecule has 30 heavy (non-hydrogen) atoms. The van der Waals surface area contributed by atoms with Gasteiger partial charge in [-0.15, -0.1) is 0 Å². The average Bonchev–Trinajstić information content (AvgIpc) is 3.07. The number of benzene rings is 3. The van der Waals surface area contributed by atoms with Gasteiger partial charge < -0.3 is 10.1 Å². The molecule has 3 aromatic rings. The number of carbonyl (C=O) groups is 1. The largest absolute Gasteiger partial charge is 0.449 e. The van der Waals surface area contributed by atoms with E-state index in [9.17, 15) is 9.18 Å². The molecule has 0 atom stereocenters. The molecule has 1 amide bonds. The van der Waals surface area contributed by atoms with Crippen molar-refractivity contribution in [3.63, 3.8) is 0 Å². The first-order chi connectivity index (χ1) is 14.6. The van der Waals surface area contributed by atoms with Crippen molar-refractivity contribution in [3.8, 4) is 23.0 Å². The molecule has 1 aliphatic rings. The lowest BCUT2D eigenvalue weighted by Crippen LogP contribution is -2.26. The van der Waals surface area contributed by atoms with Crippen molar-refractivity contribution in [1.82, 2.24) is 5.32 Å². The second-order valence-electron chi connectivity index (χ2n) is 6.93. The van der Waals surface area contributed by atoms with E-state index in [0.717, 1.165) is 0 Å². The van der Waals surface area contributed by atoms with Crippen LogP contribution >= 0.6 is 11.6 Å². The summed E-state index contributed by atoms with van der Waals surface area (Å²) in [6.45, 7) is 0.584. The first kappa shape index (κ1) is 20.0. The zero-order valence-corrected chi connectivity index (χ0v) is 16.9. The van der Waals surface area contributed by atoms with Crippen molar-refractivity contribution in [2.45, 2.75) is 12.3 Å². The number of carbonyl (C=O) groups excluding carboxylic acids is 1. The molecule has 4 rings (SSSR count). The van der Waals surface area contributed by atoms with Crippen molar-refractivity contribution >= 4 is 17.7 Å². The Labute approximate surface area is 179 Å². The zero-order chi connectivity index (χ0) is 20.9. The van der Waals surface area contributed by atoms with Crippen LogP contribution in [-0.2, 0) is 4.74 Å².